The van der Waals surface area contributed by atoms with E-state index in [9.17, 15) is 0 Å². The molecule has 1 aliphatic heterocycles. The molecule has 17 heavy (non-hydrogen) atoms. The lowest BCUT2D eigenvalue weighted by Gasteiger charge is -2.39. The molecule has 1 saturated heterocycles. The minimum absolute atomic E-state index is 0.780. The first-order valence-electron chi connectivity index (χ1n) is 7.34. The van der Waals surface area contributed by atoms with Gasteiger partial charge in [0.2, 0.25) is 0 Å². The fraction of sp³-hybridized carbons (Fsp3) is 1.00. The number of nitrogens with one attached hydrogen (secondary N) is 1. The molecule has 1 aliphatic carbocycles. The van der Waals surface area contributed by atoms with E-state index in [1.165, 1.54) is 45.2 Å². The molecule has 1 heterocycles. The Kier molecular flexibility index (Phi) is 4.83. The maximum absolute atomic E-state index is 3.61. The van der Waals surface area contributed by atoms with Gasteiger partial charge in [-0.25, -0.2) is 0 Å². The molecule has 3 atom stereocenters. The van der Waals surface area contributed by atoms with Crippen molar-refractivity contribution in [1.82, 2.24) is 15.1 Å². The van der Waals surface area contributed by atoms with Crippen LogP contribution in [0.4, 0.5) is 0 Å². The van der Waals surface area contributed by atoms with E-state index in [2.05, 4.69) is 36.1 Å². The molecular formula is C14H29N3. The van der Waals surface area contributed by atoms with Crippen molar-refractivity contribution in [3.05, 3.63) is 0 Å². The minimum Gasteiger partial charge on any atom is -0.314 e. The highest BCUT2D eigenvalue weighted by Crippen LogP contribution is 2.27. The van der Waals surface area contributed by atoms with Crippen LogP contribution in [-0.4, -0.2) is 61.7 Å². The quantitative estimate of drug-likeness (QED) is 0.803. The predicted octanol–water partition coefficient (Wildman–Crippen LogP) is 1.54. The van der Waals surface area contributed by atoms with Crippen LogP contribution in [0, 0.1) is 0 Å². The van der Waals surface area contributed by atoms with Crippen molar-refractivity contribution >= 4 is 0 Å². The lowest BCUT2D eigenvalue weighted by molar-refractivity contribution is 0.0969. The standard InChI is InChI=1S/C14H29N3/c1-4-15-12-7-8-13(10-12)17-9-5-6-14(11-17)16(2)3/h12-15H,4-11H2,1-3H3. The Bertz CT molecular complexity index is 230. The fourth-order valence-corrected chi connectivity index (χ4v) is 3.50. The highest BCUT2D eigenvalue weighted by Gasteiger charge is 2.32. The van der Waals surface area contributed by atoms with E-state index in [4.69, 9.17) is 0 Å². The number of nitrogens with zero attached hydrogens (tertiary/aromatic N) is 2. The SMILES string of the molecule is CCNC1CCC(N2CCCC(N(C)C)C2)C1. The van der Waals surface area contributed by atoms with Crippen LogP contribution in [0.2, 0.25) is 0 Å². The zero-order valence-electron chi connectivity index (χ0n) is 11.8. The third kappa shape index (κ3) is 3.43. The Balaban J connectivity index is 1.82. The maximum atomic E-state index is 3.61. The molecule has 0 bridgehead atoms. The van der Waals surface area contributed by atoms with Gasteiger partial charge in [-0.05, 0) is 59.3 Å². The number of hydrogen-bond acceptors (Lipinski definition) is 3. The number of piperidine rings is 1. The largest absolute Gasteiger partial charge is 0.314 e. The minimum atomic E-state index is 0.780. The van der Waals surface area contributed by atoms with Gasteiger partial charge in [-0.3, -0.25) is 4.90 Å². The topological polar surface area (TPSA) is 18.5 Å². The maximum Gasteiger partial charge on any atom is 0.0217 e. The molecule has 3 heteroatoms. The van der Waals surface area contributed by atoms with Crippen molar-refractivity contribution in [3.63, 3.8) is 0 Å². The Morgan fingerprint density at radius 2 is 2.06 bits per heavy atom. The third-order valence-corrected chi connectivity index (χ3v) is 4.57. The number of rotatable bonds is 4. The molecule has 0 radical (unpaired) electrons. The van der Waals surface area contributed by atoms with Crippen molar-refractivity contribution in [3.8, 4) is 0 Å². The van der Waals surface area contributed by atoms with Crippen LogP contribution >= 0.6 is 0 Å². The third-order valence-electron chi connectivity index (χ3n) is 4.57. The number of likely N-dealkylation sites (N-methyl/N-ethyl adjacent to an activating group) is 1. The first-order valence-corrected chi connectivity index (χ1v) is 7.34. The first-order chi connectivity index (χ1) is 8.20. The molecule has 0 aromatic rings. The molecule has 3 nitrogen and oxygen atoms in total. The number of likely N-dealkylation sites (tertiary alicyclic amines) is 1. The summed E-state index contributed by atoms with van der Waals surface area (Å²) in [5, 5.41) is 3.61. The summed E-state index contributed by atoms with van der Waals surface area (Å²) in [4.78, 5) is 5.16. The van der Waals surface area contributed by atoms with E-state index < -0.39 is 0 Å². The number of hydrogen-bond donors (Lipinski definition) is 1. The second-order valence-corrected chi connectivity index (χ2v) is 5.98. The molecule has 0 amide bonds. The van der Waals surface area contributed by atoms with Gasteiger partial charge in [-0.2, -0.15) is 0 Å². The summed E-state index contributed by atoms with van der Waals surface area (Å²) in [5.41, 5.74) is 0. The van der Waals surface area contributed by atoms with E-state index in [0.717, 1.165) is 24.7 Å². The van der Waals surface area contributed by atoms with Crippen LogP contribution in [0.1, 0.15) is 39.0 Å². The fourth-order valence-electron chi connectivity index (χ4n) is 3.50. The molecular weight excluding hydrogens is 210 g/mol. The van der Waals surface area contributed by atoms with Gasteiger partial charge in [0.25, 0.3) is 0 Å². The van der Waals surface area contributed by atoms with Crippen LogP contribution in [0.3, 0.4) is 0 Å². The van der Waals surface area contributed by atoms with Gasteiger partial charge in [-0.1, -0.05) is 6.92 Å². The first kappa shape index (κ1) is 13.3. The van der Waals surface area contributed by atoms with Gasteiger partial charge in [-0.15, -0.1) is 0 Å². The lowest BCUT2D eigenvalue weighted by Crippen LogP contribution is -2.48. The second kappa shape index (κ2) is 6.17. The van der Waals surface area contributed by atoms with Gasteiger partial charge >= 0.3 is 0 Å². The summed E-state index contributed by atoms with van der Waals surface area (Å²) in [6.07, 6.45) is 6.91. The van der Waals surface area contributed by atoms with E-state index in [0.29, 0.717) is 0 Å². The molecule has 0 aromatic carbocycles. The van der Waals surface area contributed by atoms with Crippen LogP contribution in [0.5, 0.6) is 0 Å². The van der Waals surface area contributed by atoms with Crippen LogP contribution < -0.4 is 5.32 Å². The van der Waals surface area contributed by atoms with E-state index in [1.807, 2.05) is 0 Å². The molecule has 0 aromatic heterocycles. The summed E-state index contributed by atoms with van der Waals surface area (Å²) in [7, 11) is 4.45. The summed E-state index contributed by atoms with van der Waals surface area (Å²) in [6, 6.07) is 2.41. The van der Waals surface area contributed by atoms with Crippen LogP contribution in [0.25, 0.3) is 0 Å². The van der Waals surface area contributed by atoms with Crippen molar-refractivity contribution in [2.45, 2.75) is 57.2 Å². The Morgan fingerprint density at radius 3 is 2.76 bits per heavy atom. The highest BCUT2D eigenvalue weighted by molar-refractivity contribution is 4.90. The summed E-state index contributed by atoms with van der Waals surface area (Å²) >= 11 is 0. The highest BCUT2D eigenvalue weighted by atomic mass is 15.2. The predicted molar refractivity (Wildman–Crippen MR) is 73.4 cm³/mol. The normalized spacial score (nSPS) is 35.6. The van der Waals surface area contributed by atoms with Crippen molar-refractivity contribution in [1.29, 1.82) is 0 Å². The summed E-state index contributed by atoms with van der Waals surface area (Å²) < 4.78 is 0. The van der Waals surface area contributed by atoms with Gasteiger partial charge in [0.1, 0.15) is 0 Å². The molecule has 1 N–H and O–H groups in total. The second-order valence-electron chi connectivity index (χ2n) is 5.98. The molecule has 0 spiro atoms. The van der Waals surface area contributed by atoms with Crippen LogP contribution in [-0.2, 0) is 0 Å². The van der Waals surface area contributed by atoms with E-state index in [-0.39, 0.29) is 0 Å². The van der Waals surface area contributed by atoms with Gasteiger partial charge < -0.3 is 10.2 Å². The van der Waals surface area contributed by atoms with Gasteiger partial charge in [0.05, 0.1) is 0 Å². The van der Waals surface area contributed by atoms with Crippen molar-refractivity contribution in [2.75, 3.05) is 33.7 Å². The van der Waals surface area contributed by atoms with E-state index >= 15 is 0 Å². The zero-order valence-corrected chi connectivity index (χ0v) is 11.8. The van der Waals surface area contributed by atoms with Crippen LogP contribution in [0.15, 0.2) is 0 Å². The zero-order chi connectivity index (χ0) is 12.3. The Morgan fingerprint density at radius 1 is 1.24 bits per heavy atom. The molecule has 2 fully saturated rings. The molecule has 3 unspecified atom stereocenters. The summed E-state index contributed by atoms with van der Waals surface area (Å²) in [5.74, 6) is 0. The smallest absolute Gasteiger partial charge is 0.0217 e. The molecule has 1 saturated carbocycles. The van der Waals surface area contributed by atoms with Gasteiger partial charge in [0.15, 0.2) is 0 Å². The van der Waals surface area contributed by atoms with Crippen molar-refractivity contribution < 1.29 is 0 Å². The van der Waals surface area contributed by atoms with E-state index in [1.54, 1.807) is 0 Å². The Labute approximate surface area is 107 Å². The molecule has 2 aliphatic rings. The average molecular weight is 239 g/mol. The molecule has 100 valence electrons. The Hall–Kier alpha value is -0.120. The lowest BCUT2D eigenvalue weighted by atomic mass is 10.0. The monoisotopic (exact) mass is 239 g/mol. The summed E-state index contributed by atoms with van der Waals surface area (Å²) in [6.45, 7) is 5.96. The average Bonchev–Trinajstić information content (AvgIpc) is 2.78. The molecule has 2 rings (SSSR count). The van der Waals surface area contributed by atoms with Crippen molar-refractivity contribution in [2.24, 2.45) is 0 Å². The van der Waals surface area contributed by atoms with Gasteiger partial charge in [0, 0.05) is 24.7 Å².